The normalized spacial score (nSPS) is 29.4. The third-order valence-corrected chi connectivity index (χ3v) is 6.22. The van der Waals surface area contributed by atoms with Crippen LogP contribution in [-0.4, -0.2) is 41.0 Å². The van der Waals surface area contributed by atoms with Crippen LogP contribution in [-0.2, 0) is 0 Å². The van der Waals surface area contributed by atoms with Crippen LogP contribution in [0.3, 0.4) is 0 Å². The third kappa shape index (κ3) is 2.50. The number of hydrogen-bond donors (Lipinski definition) is 1. The van der Waals surface area contributed by atoms with E-state index in [-0.39, 0.29) is 11.9 Å². The summed E-state index contributed by atoms with van der Waals surface area (Å²) in [6.45, 7) is 4.49. The summed E-state index contributed by atoms with van der Waals surface area (Å²) >= 11 is 1.40. The van der Waals surface area contributed by atoms with Crippen LogP contribution in [0.1, 0.15) is 35.1 Å². The number of rotatable bonds is 2. The highest BCUT2D eigenvalue weighted by Gasteiger charge is 2.40. The second-order valence-corrected chi connectivity index (χ2v) is 7.53. The van der Waals surface area contributed by atoms with Gasteiger partial charge >= 0.3 is 0 Å². The molecule has 2 unspecified atom stereocenters. The summed E-state index contributed by atoms with van der Waals surface area (Å²) in [6.07, 6.45) is 4.01. The van der Waals surface area contributed by atoms with Gasteiger partial charge in [0, 0.05) is 28.4 Å². The first-order valence-corrected chi connectivity index (χ1v) is 8.82. The van der Waals surface area contributed by atoms with Crippen molar-refractivity contribution >= 4 is 27.3 Å². The van der Waals surface area contributed by atoms with E-state index in [1.807, 2.05) is 6.07 Å². The molecule has 1 N–H and O–H groups in total. The second kappa shape index (κ2) is 5.59. The van der Waals surface area contributed by atoms with Crippen molar-refractivity contribution in [1.29, 1.82) is 5.26 Å². The number of carbonyl (C=O) groups excluding carboxylic acids is 1. The van der Waals surface area contributed by atoms with Gasteiger partial charge in [0.25, 0.3) is 5.91 Å². The maximum Gasteiger partial charge on any atom is 0.270 e. The van der Waals surface area contributed by atoms with E-state index in [0.29, 0.717) is 22.5 Å². The van der Waals surface area contributed by atoms with Crippen molar-refractivity contribution in [2.24, 2.45) is 5.92 Å². The summed E-state index contributed by atoms with van der Waals surface area (Å²) in [5, 5.41) is 13.1. The number of nitrogens with one attached hydrogen (secondary N) is 1. The standard InChI is InChI=1S/C17H18N4OS/c1-10-16(11-2-4-21(10)5-3-11)20-17(22)14-7-15-12(9-19-14)6-13(8-18)23-15/h6-7,9-11,16H,2-5H2,1H3,(H,20,22). The van der Waals surface area contributed by atoms with E-state index in [1.165, 1.54) is 11.3 Å². The Kier molecular flexibility index (Phi) is 3.55. The quantitative estimate of drug-likeness (QED) is 0.920. The van der Waals surface area contributed by atoms with E-state index in [1.54, 1.807) is 12.3 Å². The fourth-order valence-electron chi connectivity index (χ4n) is 3.88. The van der Waals surface area contributed by atoms with Crippen LogP contribution in [0.4, 0.5) is 0 Å². The summed E-state index contributed by atoms with van der Waals surface area (Å²) in [5.41, 5.74) is 0.437. The molecule has 3 aliphatic heterocycles. The maximum absolute atomic E-state index is 12.6. The average molecular weight is 326 g/mol. The predicted molar refractivity (Wildman–Crippen MR) is 89.3 cm³/mol. The van der Waals surface area contributed by atoms with Gasteiger partial charge in [-0.1, -0.05) is 0 Å². The minimum absolute atomic E-state index is 0.107. The molecule has 3 fully saturated rings. The van der Waals surface area contributed by atoms with E-state index in [2.05, 4.69) is 28.2 Å². The molecule has 118 valence electrons. The molecule has 3 aliphatic rings. The molecule has 0 saturated carbocycles. The molecule has 0 aromatic carbocycles. The van der Waals surface area contributed by atoms with Gasteiger partial charge in [0.1, 0.15) is 16.6 Å². The average Bonchev–Trinajstić information content (AvgIpc) is 3.00. The lowest BCUT2D eigenvalue weighted by atomic mass is 9.79. The lowest BCUT2D eigenvalue weighted by Crippen LogP contribution is -2.62. The second-order valence-electron chi connectivity index (χ2n) is 6.44. The van der Waals surface area contributed by atoms with E-state index in [4.69, 9.17) is 5.26 Å². The molecule has 2 aromatic heterocycles. The van der Waals surface area contributed by atoms with Crippen LogP contribution in [0.25, 0.3) is 10.1 Å². The minimum Gasteiger partial charge on any atom is -0.346 e. The highest BCUT2D eigenvalue weighted by Crippen LogP contribution is 2.32. The van der Waals surface area contributed by atoms with Gasteiger partial charge in [-0.3, -0.25) is 14.7 Å². The topological polar surface area (TPSA) is 69.0 Å². The van der Waals surface area contributed by atoms with Gasteiger partial charge in [-0.2, -0.15) is 5.26 Å². The number of carbonyl (C=O) groups is 1. The monoisotopic (exact) mass is 326 g/mol. The van der Waals surface area contributed by atoms with Gasteiger partial charge in [0.05, 0.1) is 0 Å². The Morgan fingerprint density at radius 1 is 1.43 bits per heavy atom. The van der Waals surface area contributed by atoms with Gasteiger partial charge in [0.2, 0.25) is 0 Å². The molecule has 5 nitrogen and oxygen atoms in total. The number of nitrogens with zero attached hydrogens (tertiary/aromatic N) is 3. The number of amides is 1. The summed E-state index contributed by atoms with van der Waals surface area (Å²) in [4.78, 5) is 20.0. The SMILES string of the molecule is CC1C(NC(=O)c2cc3sc(C#N)cc3cn2)C2CCN1CC2. The first-order chi connectivity index (χ1) is 11.2. The number of piperidine rings is 3. The zero-order chi connectivity index (χ0) is 16.0. The number of thiophene rings is 1. The van der Waals surface area contributed by atoms with Crippen molar-refractivity contribution in [2.45, 2.75) is 31.8 Å². The summed E-state index contributed by atoms with van der Waals surface area (Å²) in [7, 11) is 0. The van der Waals surface area contributed by atoms with Crippen molar-refractivity contribution in [3.05, 3.63) is 28.9 Å². The molecule has 3 saturated heterocycles. The number of aromatic nitrogens is 1. The van der Waals surface area contributed by atoms with Crippen LogP contribution < -0.4 is 5.32 Å². The lowest BCUT2D eigenvalue weighted by molar-refractivity contribution is 0.0216. The highest BCUT2D eigenvalue weighted by atomic mass is 32.1. The molecule has 2 bridgehead atoms. The zero-order valence-corrected chi connectivity index (χ0v) is 13.8. The Morgan fingerprint density at radius 3 is 2.91 bits per heavy atom. The first-order valence-electron chi connectivity index (χ1n) is 8.00. The lowest BCUT2D eigenvalue weighted by Gasteiger charge is -2.49. The van der Waals surface area contributed by atoms with E-state index < -0.39 is 0 Å². The Balaban J connectivity index is 1.56. The van der Waals surface area contributed by atoms with Crippen molar-refractivity contribution in [1.82, 2.24) is 15.2 Å². The summed E-state index contributed by atoms with van der Waals surface area (Å²) in [6, 6.07) is 6.34. The molecule has 5 rings (SSSR count). The fourth-order valence-corrected chi connectivity index (χ4v) is 4.75. The minimum atomic E-state index is -0.107. The van der Waals surface area contributed by atoms with Crippen molar-refractivity contribution in [3.8, 4) is 6.07 Å². The molecule has 2 atom stereocenters. The van der Waals surface area contributed by atoms with Crippen LogP contribution in [0.15, 0.2) is 18.3 Å². The molecule has 5 heterocycles. The number of pyridine rings is 1. The Labute approximate surface area is 138 Å². The molecule has 0 spiro atoms. The molecular weight excluding hydrogens is 308 g/mol. The van der Waals surface area contributed by atoms with Crippen LogP contribution in [0, 0.1) is 17.2 Å². The highest BCUT2D eigenvalue weighted by molar-refractivity contribution is 7.19. The summed E-state index contributed by atoms with van der Waals surface area (Å²) in [5.74, 6) is 0.471. The first kappa shape index (κ1) is 14.6. The molecule has 6 heteroatoms. The number of fused-ring (bicyclic) bond motifs is 4. The fraction of sp³-hybridized carbons (Fsp3) is 0.471. The molecule has 1 amide bonds. The van der Waals surface area contributed by atoms with Crippen LogP contribution in [0.2, 0.25) is 0 Å². The molecule has 23 heavy (non-hydrogen) atoms. The smallest absolute Gasteiger partial charge is 0.270 e. The van der Waals surface area contributed by atoms with Crippen LogP contribution >= 0.6 is 11.3 Å². The van der Waals surface area contributed by atoms with E-state index >= 15 is 0 Å². The van der Waals surface area contributed by atoms with Gasteiger partial charge in [-0.05, 0) is 50.9 Å². The van der Waals surface area contributed by atoms with Crippen LogP contribution in [0.5, 0.6) is 0 Å². The van der Waals surface area contributed by atoms with Crippen molar-refractivity contribution in [2.75, 3.05) is 13.1 Å². The molecule has 0 radical (unpaired) electrons. The Morgan fingerprint density at radius 2 is 2.22 bits per heavy atom. The van der Waals surface area contributed by atoms with E-state index in [0.717, 1.165) is 36.0 Å². The van der Waals surface area contributed by atoms with Gasteiger partial charge in [-0.15, -0.1) is 11.3 Å². The predicted octanol–water partition coefficient (Wildman–Crippen LogP) is 2.38. The zero-order valence-electron chi connectivity index (χ0n) is 13.0. The molecular formula is C17H18N4OS. The van der Waals surface area contributed by atoms with Crippen molar-refractivity contribution < 1.29 is 4.79 Å². The van der Waals surface area contributed by atoms with Crippen molar-refractivity contribution in [3.63, 3.8) is 0 Å². The molecule has 0 aliphatic carbocycles. The maximum atomic E-state index is 12.6. The van der Waals surface area contributed by atoms with Gasteiger partial charge in [-0.25, -0.2) is 0 Å². The molecule has 2 aromatic rings. The Bertz CT molecular complexity index is 799. The largest absolute Gasteiger partial charge is 0.346 e. The Hall–Kier alpha value is -1.97. The number of hydrogen-bond acceptors (Lipinski definition) is 5. The van der Waals surface area contributed by atoms with E-state index in [9.17, 15) is 4.79 Å². The van der Waals surface area contributed by atoms with Gasteiger partial charge < -0.3 is 5.32 Å². The third-order valence-electron chi connectivity index (χ3n) is 5.22. The summed E-state index contributed by atoms with van der Waals surface area (Å²) < 4.78 is 0.934. The number of nitriles is 1. The van der Waals surface area contributed by atoms with Gasteiger partial charge in [0.15, 0.2) is 0 Å².